The molecule has 0 N–H and O–H groups in total. The largest absolute Gasteiger partial charge is 0.497 e. The topological polar surface area (TPSA) is 131 Å². The molecule has 16 nitrogen and oxygen atoms in total. The van der Waals surface area contributed by atoms with E-state index in [-0.39, 0.29) is 21.2 Å². The molecule has 0 heterocycles. The zero-order chi connectivity index (χ0) is 85.4. The van der Waals surface area contributed by atoms with Crippen molar-refractivity contribution in [3.05, 3.63) is 455 Å². The van der Waals surface area contributed by atoms with Crippen LogP contribution < -0.4 is 48.7 Å². The highest BCUT2D eigenvalue weighted by molar-refractivity contribution is 5.83. The van der Waals surface area contributed by atoms with Crippen LogP contribution in [0.5, 0.6) is 11.5 Å². The lowest BCUT2D eigenvalue weighted by atomic mass is 10.1. The number of aryl methyl sites for hydroxylation is 4. The van der Waals surface area contributed by atoms with Gasteiger partial charge in [-0.15, -0.1) is 0 Å². The maximum Gasteiger partial charge on any atom is 0.271 e. The molecule has 0 saturated heterocycles. The van der Waals surface area contributed by atoms with Crippen molar-refractivity contribution in [1.29, 1.82) is 0 Å². The van der Waals surface area contributed by atoms with Gasteiger partial charge in [0.25, 0.3) is 11.4 Å². The minimum absolute atomic E-state index is 0.0793. The molecule has 16 aromatic rings. The Morgan fingerprint density at radius 2 is 0.393 bits per heavy atom. The smallest absolute Gasteiger partial charge is 0.271 e. The van der Waals surface area contributed by atoms with Gasteiger partial charge in [0.1, 0.15) is 11.5 Å². The van der Waals surface area contributed by atoms with Crippen LogP contribution in [0.2, 0.25) is 0 Å². The first-order valence-corrected chi connectivity index (χ1v) is 40.2. The number of ether oxygens (including phenoxy) is 2. The van der Waals surface area contributed by atoms with E-state index < -0.39 is 0 Å². The molecule has 16 rings (SSSR count). The minimum atomic E-state index is -0.387. The number of anilines is 20. The molecule has 0 bridgehead atoms. The van der Waals surface area contributed by atoms with Crippen molar-refractivity contribution in [2.45, 2.75) is 27.7 Å². The number of non-ortho nitro benzene ring substituents is 2. The first kappa shape index (κ1) is 84.2. The monoisotopic (exact) mass is 1610 g/mol. The van der Waals surface area contributed by atoms with Gasteiger partial charge in [0.15, 0.2) is 0 Å². The standard InChI is InChI=1S/2C27H26N2O.2C26H23N3O2/c1-21-12-14-24(15-13-21)29(23-8-5-4-6-9-23)25-18-16-22(17-19-25)28(2)26-10-7-11-27(20-26)30-3;1-21-9-11-25(12-10-21)29(24-7-5-4-6-8-24)26-15-13-22(14-16-26)28(2)23-17-19-27(30-3)20-18-23;1-20-11-13-23(14-12-20)28(22-7-4-3-5-8-22)24-17-15-21(16-18-24)27(2)25-9-6-10-26(19-25)29(30)31;1-20-8-10-24(11-9-20)28(23-6-4-3-5-7-23)25-16-12-21(13-17-25)27(2)22-14-18-26(19-15-22)29(30)31/h2*4-20H,1-3H3;2*3-19H,1-2H3. The van der Waals surface area contributed by atoms with Crippen LogP contribution in [0.4, 0.5) is 125 Å². The van der Waals surface area contributed by atoms with Crippen molar-refractivity contribution in [3.63, 3.8) is 0 Å². The third-order valence-electron chi connectivity index (χ3n) is 21.0. The molecule has 0 radical (unpaired) electrons. The Morgan fingerprint density at radius 1 is 0.197 bits per heavy atom. The van der Waals surface area contributed by atoms with Gasteiger partial charge in [-0.2, -0.15) is 0 Å². The first-order chi connectivity index (χ1) is 59.4. The lowest BCUT2D eigenvalue weighted by Crippen LogP contribution is -2.12. The fourth-order valence-electron chi connectivity index (χ4n) is 14.0. The van der Waals surface area contributed by atoms with Crippen LogP contribution in [-0.4, -0.2) is 52.3 Å². The summed E-state index contributed by atoms with van der Waals surface area (Å²) in [5.74, 6) is 1.71. The van der Waals surface area contributed by atoms with E-state index in [1.165, 1.54) is 40.5 Å². The van der Waals surface area contributed by atoms with Crippen LogP contribution >= 0.6 is 0 Å². The molecular formula is C106H98N10O6. The summed E-state index contributed by atoms with van der Waals surface area (Å²) in [5, 5.41) is 22.0. The predicted molar refractivity (Wildman–Crippen MR) is 508 cm³/mol. The minimum Gasteiger partial charge on any atom is -0.497 e. The number of nitrogens with zero attached hydrogens (tertiary/aromatic N) is 10. The highest BCUT2D eigenvalue weighted by Crippen LogP contribution is 2.42. The van der Waals surface area contributed by atoms with Crippen LogP contribution in [0.15, 0.2) is 413 Å². The van der Waals surface area contributed by atoms with Crippen LogP contribution in [0.25, 0.3) is 0 Å². The highest BCUT2D eigenvalue weighted by atomic mass is 16.6. The fourth-order valence-corrected chi connectivity index (χ4v) is 14.0. The molecule has 122 heavy (non-hydrogen) atoms. The highest BCUT2D eigenvalue weighted by Gasteiger charge is 2.20. The average molecular weight is 1610 g/mol. The van der Waals surface area contributed by atoms with Gasteiger partial charge in [0.2, 0.25) is 0 Å². The van der Waals surface area contributed by atoms with Gasteiger partial charge < -0.3 is 48.7 Å². The van der Waals surface area contributed by atoms with Gasteiger partial charge in [-0.05, 0) is 276 Å². The SMILES string of the molecule is COc1ccc(N(C)c2ccc(N(c3ccccc3)c3ccc(C)cc3)cc2)cc1.COc1cccc(N(C)c2ccc(N(c3ccccc3)c3ccc(C)cc3)cc2)c1.Cc1ccc(N(c2ccccc2)c2ccc(N(C)c3ccc([N+](=O)[O-])cc3)cc2)cc1.Cc1ccc(N(c2ccccc2)c2ccc(N(C)c3cccc([N+](=O)[O-])c3)cc2)cc1. The molecule has 0 amide bonds. The Kier molecular flexibility index (Phi) is 27.9. The van der Waals surface area contributed by atoms with Crippen LogP contribution in [0.1, 0.15) is 22.3 Å². The van der Waals surface area contributed by atoms with Crippen LogP contribution in [-0.2, 0) is 0 Å². The van der Waals surface area contributed by atoms with Crippen LogP contribution in [0.3, 0.4) is 0 Å². The van der Waals surface area contributed by atoms with Crippen LogP contribution in [0, 0.1) is 47.9 Å². The number of nitro benzene ring substituents is 2. The predicted octanol–water partition coefficient (Wildman–Crippen LogP) is 28.8. The molecule has 0 aromatic heterocycles. The molecule has 0 atom stereocenters. The third-order valence-corrected chi connectivity index (χ3v) is 21.0. The van der Waals surface area contributed by atoms with E-state index in [2.05, 4.69) is 344 Å². The van der Waals surface area contributed by atoms with Crippen molar-refractivity contribution in [1.82, 2.24) is 0 Å². The van der Waals surface area contributed by atoms with Gasteiger partial charge in [0, 0.05) is 172 Å². The Hall–Kier alpha value is -15.7. The second-order valence-corrected chi connectivity index (χ2v) is 29.3. The fraction of sp³-hybridized carbons (Fsp3) is 0.0943. The van der Waals surface area contributed by atoms with Gasteiger partial charge in [0.05, 0.1) is 24.1 Å². The molecule has 0 aliphatic carbocycles. The van der Waals surface area contributed by atoms with Gasteiger partial charge in [-0.3, -0.25) is 20.2 Å². The zero-order valence-electron chi connectivity index (χ0n) is 70.2. The molecule has 16 aromatic carbocycles. The molecule has 0 aliphatic rings. The van der Waals surface area contributed by atoms with Gasteiger partial charge in [-0.1, -0.05) is 156 Å². The third kappa shape index (κ3) is 21.4. The lowest BCUT2D eigenvalue weighted by molar-refractivity contribution is -0.385. The number of methoxy groups -OCH3 is 2. The second kappa shape index (κ2) is 40.5. The van der Waals surface area contributed by atoms with E-state index in [4.69, 9.17) is 9.47 Å². The number of hydrogen-bond acceptors (Lipinski definition) is 14. The second-order valence-electron chi connectivity index (χ2n) is 29.3. The van der Waals surface area contributed by atoms with Crippen molar-refractivity contribution in [2.75, 3.05) is 81.6 Å². The summed E-state index contributed by atoms with van der Waals surface area (Å²) in [6.07, 6.45) is 0. The van der Waals surface area contributed by atoms with E-state index in [0.717, 1.165) is 125 Å². The Labute approximate surface area is 716 Å². The van der Waals surface area contributed by atoms with Crippen molar-refractivity contribution < 1.29 is 19.3 Å². The van der Waals surface area contributed by atoms with Crippen molar-refractivity contribution >= 4 is 125 Å². The summed E-state index contributed by atoms with van der Waals surface area (Å²) in [5.41, 5.74) is 26.3. The summed E-state index contributed by atoms with van der Waals surface area (Å²) in [4.78, 5) is 38.5. The molecular weight excluding hydrogens is 1510 g/mol. The number of nitro groups is 2. The first-order valence-electron chi connectivity index (χ1n) is 40.2. The summed E-state index contributed by atoms with van der Waals surface area (Å²) >= 11 is 0. The summed E-state index contributed by atoms with van der Waals surface area (Å²) in [6.45, 7) is 8.38. The van der Waals surface area contributed by atoms with E-state index in [1.54, 1.807) is 38.5 Å². The van der Waals surface area contributed by atoms with Crippen molar-refractivity contribution in [3.8, 4) is 11.5 Å². The Morgan fingerprint density at radius 3 is 0.648 bits per heavy atom. The number of hydrogen-bond donors (Lipinski definition) is 0. The van der Waals surface area contributed by atoms with E-state index in [0.29, 0.717) is 0 Å². The summed E-state index contributed by atoms with van der Waals surface area (Å²) in [7, 11) is 11.4. The number of para-hydroxylation sites is 4. The molecule has 16 heteroatoms. The quantitative estimate of drug-likeness (QED) is 0.0420. The Bertz CT molecular complexity index is 5990. The van der Waals surface area contributed by atoms with E-state index in [9.17, 15) is 20.2 Å². The lowest BCUT2D eigenvalue weighted by Gasteiger charge is -2.27. The molecule has 0 fully saturated rings. The molecule has 608 valence electrons. The zero-order valence-corrected chi connectivity index (χ0v) is 70.2. The summed E-state index contributed by atoms with van der Waals surface area (Å²) in [6, 6.07) is 139. The van der Waals surface area contributed by atoms with Crippen molar-refractivity contribution in [2.24, 2.45) is 0 Å². The maximum atomic E-state index is 11.1. The Balaban J connectivity index is 0.000000140. The summed E-state index contributed by atoms with van der Waals surface area (Å²) < 4.78 is 10.6. The van der Waals surface area contributed by atoms with Gasteiger partial charge >= 0.3 is 0 Å². The van der Waals surface area contributed by atoms with E-state index >= 15 is 0 Å². The number of benzene rings is 16. The number of rotatable bonds is 24. The maximum absolute atomic E-state index is 11.1. The molecule has 0 unspecified atom stereocenters. The van der Waals surface area contributed by atoms with E-state index in [1.807, 2.05) is 121 Å². The normalized spacial score (nSPS) is 10.5. The molecule has 0 aliphatic heterocycles. The van der Waals surface area contributed by atoms with Gasteiger partial charge in [-0.25, -0.2) is 0 Å². The molecule has 0 saturated carbocycles. The average Bonchev–Trinajstić information content (AvgIpc) is 0.817. The molecule has 0 spiro atoms.